The lowest BCUT2D eigenvalue weighted by molar-refractivity contribution is -0.384. The number of benzene rings is 2. The van der Waals surface area contributed by atoms with E-state index >= 15 is 0 Å². The van der Waals surface area contributed by atoms with Crippen molar-refractivity contribution in [2.45, 2.75) is 38.7 Å². The highest BCUT2D eigenvalue weighted by Gasteiger charge is 2.18. The minimum absolute atomic E-state index is 0.0197. The lowest BCUT2D eigenvalue weighted by Gasteiger charge is -2.17. The first-order valence-electron chi connectivity index (χ1n) is 9.03. The van der Waals surface area contributed by atoms with Gasteiger partial charge in [0.05, 0.1) is 11.0 Å². The number of ether oxygens (including phenoxy) is 1. The Balaban J connectivity index is 1.64. The molecule has 0 bridgehead atoms. The molecular formula is C21H22N2O4. The maximum Gasteiger partial charge on any atom is 0.269 e. The summed E-state index contributed by atoms with van der Waals surface area (Å²) in [5, 5.41) is 13.5. The molecule has 0 aromatic heterocycles. The molecule has 0 aliphatic heterocycles. The van der Waals surface area contributed by atoms with Crippen LogP contribution in [0.1, 0.15) is 36.8 Å². The van der Waals surface area contributed by atoms with Crippen molar-refractivity contribution in [1.29, 1.82) is 0 Å². The van der Waals surface area contributed by atoms with Gasteiger partial charge in [-0.05, 0) is 68.5 Å². The van der Waals surface area contributed by atoms with Gasteiger partial charge in [-0.3, -0.25) is 14.9 Å². The summed E-state index contributed by atoms with van der Waals surface area (Å²) in [7, 11) is 0. The fourth-order valence-corrected chi connectivity index (χ4v) is 3.12. The van der Waals surface area contributed by atoms with Crippen LogP contribution in [0.5, 0.6) is 5.75 Å². The first-order valence-corrected chi connectivity index (χ1v) is 9.03. The second kappa shape index (κ2) is 8.49. The number of hydrogen-bond donors (Lipinski definition) is 1. The fraction of sp³-hybridized carbons (Fsp3) is 0.286. The number of nitro benzene ring substituents is 1. The van der Waals surface area contributed by atoms with E-state index in [9.17, 15) is 14.9 Å². The third-order valence-corrected chi connectivity index (χ3v) is 4.67. The molecule has 1 N–H and O–H groups in total. The zero-order valence-electron chi connectivity index (χ0n) is 15.2. The van der Waals surface area contributed by atoms with Crippen molar-refractivity contribution in [3.8, 4) is 5.75 Å². The van der Waals surface area contributed by atoms with E-state index in [4.69, 9.17) is 4.74 Å². The van der Waals surface area contributed by atoms with E-state index in [2.05, 4.69) is 5.32 Å². The molecule has 6 heteroatoms. The van der Waals surface area contributed by atoms with Gasteiger partial charge in [-0.15, -0.1) is 0 Å². The molecule has 2 aromatic rings. The van der Waals surface area contributed by atoms with Crippen LogP contribution in [0.25, 0.3) is 6.08 Å². The van der Waals surface area contributed by atoms with Gasteiger partial charge in [-0.25, -0.2) is 0 Å². The lowest BCUT2D eigenvalue weighted by atomic mass is 10.1. The zero-order valence-corrected chi connectivity index (χ0v) is 15.2. The number of hydrogen-bond acceptors (Lipinski definition) is 4. The van der Waals surface area contributed by atoms with E-state index < -0.39 is 4.92 Å². The second-order valence-electron chi connectivity index (χ2n) is 6.62. The highest BCUT2D eigenvalue weighted by Crippen LogP contribution is 2.30. The van der Waals surface area contributed by atoms with Crippen molar-refractivity contribution in [2.24, 2.45) is 0 Å². The molecule has 2 aromatic carbocycles. The van der Waals surface area contributed by atoms with Crippen LogP contribution in [0.15, 0.2) is 48.5 Å². The van der Waals surface area contributed by atoms with Crippen LogP contribution >= 0.6 is 0 Å². The Bertz CT molecular complexity index is 853. The van der Waals surface area contributed by atoms with Crippen LogP contribution in [-0.4, -0.2) is 16.9 Å². The summed E-state index contributed by atoms with van der Waals surface area (Å²) in [5.74, 6) is 0.536. The van der Waals surface area contributed by atoms with Gasteiger partial charge in [0.1, 0.15) is 5.75 Å². The molecule has 1 saturated carbocycles. The van der Waals surface area contributed by atoms with Gasteiger partial charge in [0, 0.05) is 29.5 Å². The largest absolute Gasteiger partial charge is 0.490 e. The number of carbonyl (C=O) groups excluding carboxylic acids is 1. The number of anilines is 1. The van der Waals surface area contributed by atoms with Gasteiger partial charge in [0.15, 0.2) is 0 Å². The van der Waals surface area contributed by atoms with E-state index in [1.165, 1.54) is 31.1 Å². The number of amides is 1. The minimum atomic E-state index is -0.455. The minimum Gasteiger partial charge on any atom is -0.490 e. The Labute approximate surface area is 158 Å². The number of nitrogens with one attached hydrogen (secondary N) is 1. The normalized spacial score (nSPS) is 14.4. The zero-order chi connectivity index (χ0) is 19.2. The van der Waals surface area contributed by atoms with Crippen molar-refractivity contribution >= 4 is 23.4 Å². The van der Waals surface area contributed by atoms with Gasteiger partial charge in [-0.2, -0.15) is 0 Å². The standard InChI is InChI=1S/C21H22N2O4/c1-15-19(7-4-8-20(15)27-18-5-2-3-6-18)22-21(24)14-11-16-9-12-17(13-10-16)23(25)26/h4,7-14,18H,2-3,5-6H2,1H3,(H,22,24). The van der Waals surface area contributed by atoms with Crippen LogP contribution in [0, 0.1) is 17.0 Å². The van der Waals surface area contributed by atoms with E-state index in [1.54, 1.807) is 18.2 Å². The van der Waals surface area contributed by atoms with Crippen molar-refractivity contribution in [2.75, 3.05) is 5.32 Å². The second-order valence-corrected chi connectivity index (χ2v) is 6.62. The van der Waals surface area contributed by atoms with Crippen molar-refractivity contribution in [1.82, 2.24) is 0 Å². The maximum atomic E-state index is 12.2. The van der Waals surface area contributed by atoms with Gasteiger partial charge < -0.3 is 10.1 Å². The Morgan fingerprint density at radius 3 is 2.56 bits per heavy atom. The van der Waals surface area contributed by atoms with Gasteiger partial charge in [0.25, 0.3) is 5.69 Å². The molecular weight excluding hydrogens is 344 g/mol. The Hall–Kier alpha value is -3.15. The molecule has 0 radical (unpaired) electrons. The highest BCUT2D eigenvalue weighted by atomic mass is 16.6. The third kappa shape index (κ3) is 4.94. The van der Waals surface area contributed by atoms with E-state index in [0.29, 0.717) is 11.3 Å². The van der Waals surface area contributed by atoms with E-state index in [-0.39, 0.29) is 17.7 Å². The average molecular weight is 366 g/mol. The molecule has 0 saturated heterocycles. The van der Waals surface area contributed by atoms with Crippen molar-refractivity contribution in [3.05, 3.63) is 69.8 Å². The molecule has 27 heavy (non-hydrogen) atoms. The first kappa shape index (κ1) is 18.6. The maximum absolute atomic E-state index is 12.2. The van der Waals surface area contributed by atoms with Crippen molar-refractivity contribution < 1.29 is 14.5 Å². The summed E-state index contributed by atoms with van der Waals surface area (Å²) in [6.45, 7) is 1.93. The Kier molecular flexibility index (Phi) is 5.86. The van der Waals surface area contributed by atoms with Gasteiger partial charge in [-0.1, -0.05) is 6.07 Å². The van der Waals surface area contributed by atoms with E-state index in [0.717, 1.165) is 24.2 Å². The molecule has 1 fully saturated rings. The first-order chi connectivity index (χ1) is 13.0. The molecule has 3 rings (SSSR count). The molecule has 0 unspecified atom stereocenters. The molecule has 0 spiro atoms. The molecule has 6 nitrogen and oxygen atoms in total. The summed E-state index contributed by atoms with van der Waals surface area (Å²) in [4.78, 5) is 22.4. The van der Waals surface area contributed by atoms with Crippen LogP contribution < -0.4 is 10.1 Å². The smallest absolute Gasteiger partial charge is 0.269 e. The molecule has 0 atom stereocenters. The predicted octanol–water partition coefficient (Wildman–Crippen LogP) is 4.88. The molecule has 1 aliphatic rings. The Morgan fingerprint density at radius 1 is 1.19 bits per heavy atom. The average Bonchev–Trinajstić information content (AvgIpc) is 3.17. The third-order valence-electron chi connectivity index (χ3n) is 4.67. The summed E-state index contributed by atoms with van der Waals surface area (Å²) < 4.78 is 6.06. The number of non-ortho nitro benzene ring substituents is 1. The van der Waals surface area contributed by atoms with Crippen LogP contribution in [-0.2, 0) is 4.79 Å². The predicted molar refractivity (Wildman–Crippen MR) is 105 cm³/mol. The number of carbonyl (C=O) groups is 1. The number of nitro groups is 1. The van der Waals surface area contributed by atoms with Gasteiger partial charge in [0.2, 0.25) is 5.91 Å². The topological polar surface area (TPSA) is 81.5 Å². The fourth-order valence-electron chi connectivity index (χ4n) is 3.12. The van der Waals surface area contributed by atoms with Crippen molar-refractivity contribution in [3.63, 3.8) is 0 Å². The Morgan fingerprint density at radius 2 is 1.89 bits per heavy atom. The summed E-state index contributed by atoms with van der Waals surface area (Å²) in [5.41, 5.74) is 2.35. The molecule has 0 heterocycles. The summed E-state index contributed by atoms with van der Waals surface area (Å²) in [6, 6.07) is 11.7. The lowest BCUT2D eigenvalue weighted by Crippen LogP contribution is -2.13. The van der Waals surface area contributed by atoms with Crippen LogP contribution in [0.4, 0.5) is 11.4 Å². The van der Waals surface area contributed by atoms with Gasteiger partial charge >= 0.3 is 0 Å². The SMILES string of the molecule is Cc1c(NC(=O)C=Cc2ccc([N+](=O)[O-])cc2)cccc1OC1CCCC1. The number of rotatable bonds is 6. The summed E-state index contributed by atoms with van der Waals surface area (Å²) >= 11 is 0. The quantitative estimate of drug-likeness (QED) is 0.449. The van der Waals surface area contributed by atoms with Crippen LogP contribution in [0.2, 0.25) is 0 Å². The van der Waals surface area contributed by atoms with Crippen LogP contribution in [0.3, 0.4) is 0 Å². The molecule has 1 amide bonds. The van der Waals surface area contributed by atoms with E-state index in [1.807, 2.05) is 25.1 Å². The number of nitrogens with zero attached hydrogens (tertiary/aromatic N) is 1. The monoisotopic (exact) mass is 366 g/mol. The summed E-state index contributed by atoms with van der Waals surface area (Å²) in [6.07, 6.45) is 7.85. The highest BCUT2D eigenvalue weighted by molar-refractivity contribution is 6.02. The molecule has 1 aliphatic carbocycles. The molecule has 140 valence electrons.